The van der Waals surface area contributed by atoms with E-state index in [0.717, 1.165) is 16.3 Å². The highest BCUT2D eigenvalue weighted by atomic mass is 16.3. The molecule has 0 saturated heterocycles. The zero-order valence-electron chi connectivity index (χ0n) is 9.84. The van der Waals surface area contributed by atoms with E-state index in [1.54, 1.807) is 0 Å². The van der Waals surface area contributed by atoms with E-state index in [2.05, 4.69) is 0 Å². The van der Waals surface area contributed by atoms with Gasteiger partial charge in [-0.15, -0.1) is 0 Å². The Hall–Kier alpha value is -2.13. The van der Waals surface area contributed by atoms with E-state index in [1.807, 2.05) is 37.3 Å². The molecule has 3 heteroatoms. The number of carbonyl (C=O) groups is 1. The van der Waals surface area contributed by atoms with Gasteiger partial charge < -0.3 is 10.2 Å². The molecule has 0 radical (unpaired) electrons. The molecule has 0 spiro atoms. The van der Waals surface area contributed by atoms with Crippen molar-refractivity contribution in [1.82, 2.24) is 0 Å². The Morgan fingerprint density at radius 1 is 1.22 bits per heavy atom. The van der Waals surface area contributed by atoms with Crippen LogP contribution in [0.25, 0.3) is 16.8 Å². The Morgan fingerprint density at radius 2 is 2.00 bits per heavy atom. The molecule has 1 aliphatic rings. The van der Waals surface area contributed by atoms with E-state index in [1.165, 1.54) is 6.08 Å². The normalized spacial score (nSPS) is 18.7. The summed E-state index contributed by atoms with van der Waals surface area (Å²) >= 11 is 0. The summed E-state index contributed by atoms with van der Waals surface area (Å²) in [5.74, 6) is -1.03. The molecule has 2 aromatic rings. The van der Waals surface area contributed by atoms with Crippen LogP contribution < -0.4 is 0 Å². The lowest BCUT2D eigenvalue weighted by Crippen LogP contribution is -2.19. The van der Waals surface area contributed by atoms with Crippen LogP contribution in [0, 0.1) is 6.92 Å². The molecule has 0 fully saturated rings. The molecule has 0 heterocycles. The quantitative estimate of drug-likeness (QED) is 0.744. The van der Waals surface area contributed by atoms with Gasteiger partial charge in [-0.05, 0) is 52.6 Å². The minimum atomic E-state index is -1.27. The van der Waals surface area contributed by atoms with Gasteiger partial charge in [0.15, 0.2) is 5.76 Å². The molecule has 90 valence electrons. The number of aliphatic hydroxyl groups is 2. The molecule has 2 aromatic carbocycles. The van der Waals surface area contributed by atoms with Crippen LogP contribution in [0.5, 0.6) is 0 Å². The minimum absolute atomic E-state index is 0.386. The Balaban J connectivity index is 2.36. The van der Waals surface area contributed by atoms with Crippen molar-refractivity contribution >= 4 is 22.6 Å². The summed E-state index contributed by atoms with van der Waals surface area (Å²) in [6.45, 7) is 2.00. The second-order valence-corrected chi connectivity index (χ2v) is 4.57. The van der Waals surface area contributed by atoms with E-state index in [9.17, 15) is 15.0 Å². The number of carbonyl (C=O) groups excluding carboxylic acids is 1. The molecule has 0 saturated carbocycles. The summed E-state index contributed by atoms with van der Waals surface area (Å²) < 4.78 is 0. The van der Waals surface area contributed by atoms with E-state index in [0.29, 0.717) is 11.1 Å². The highest BCUT2D eigenvalue weighted by Gasteiger charge is 2.28. The first-order valence-corrected chi connectivity index (χ1v) is 5.74. The third kappa shape index (κ3) is 1.45. The first-order valence-electron chi connectivity index (χ1n) is 5.74. The van der Waals surface area contributed by atoms with Crippen LogP contribution in [0.15, 0.2) is 36.1 Å². The molecule has 0 amide bonds. The highest BCUT2D eigenvalue weighted by Crippen LogP contribution is 2.32. The van der Waals surface area contributed by atoms with Gasteiger partial charge in [-0.25, -0.2) is 0 Å². The van der Waals surface area contributed by atoms with E-state index < -0.39 is 11.9 Å². The van der Waals surface area contributed by atoms with Gasteiger partial charge in [0.1, 0.15) is 6.10 Å². The zero-order valence-corrected chi connectivity index (χ0v) is 9.84. The lowest BCUT2D eigenvalue weighted by atomic mass is 9.89. The second kappa shape index (κ2) is 3.68. The first kappa shape index (κ1) is 11.0. The van der Waals surface area contributed by atoms with Crippen LogP contribution >= 0.6 is 0 Å². The predicted molar refractivity (Wildman–Crippen MR) is 69.3 cm³/mol. The monoisotopic (exact) mass is 240 g/mol. The average Bonchev–Trinajstić information content (AvgIpc) is 2.36. The van der Waals surface area contributed by atoms with Gasteiger partial charge >= 0.3 is 0 Å². The molecule has 18 heavy (non-hydrogen) atoms. The number of fused-ring (bicyclic) bond motifs is 2. The molecule has 3 rings (SSSR count). The number of hydrogen-bond acceptors (Lipinski definition) is 3. The number of rotatable bonds is 0. The van der Waals surface area contributed by atoms with Crippen LogP contribution in [-0.4, -0.2) is 16.0 Å². The van der Waals surface area contributed by atoms with Gasteiger partial charge in [-0.1, -0.05) is 18.2 Å². The fourth-order valence-electron chi connectivity index (χ4n) is 2.38. The maximum Gasteiger partial charge on any atom is 0.230 e. The van der Waals surface area contributed by atoms with Crippen molar-refractivity contribution in [3.8, 4) is 0 Å². The van der Waals surface area contributed by atoms with Crippen LogP contribution in [0.4, 0.5) is 0 Å². The summed E-state index contributed by atoms with van der Waals surface area (Å²) in [7, 11) is 0. The molecule has 0 aliphatic heterocycles. The fourth-order valence-corrected chi connectivity index (χ4v) is 2.38. The topological polar surface area (TPSA) is 57.5 Å². The summed E-state index contributed by atoms with van der Waals surface area (Å²) in [6.07, 6.45) is 0.144. The number of aryl methyl sites for hydroxylation is 1. The van der Waals surface area contributed by atoms with Gasteiger partial charge in [0, 0.05) is 0 Å². The lowest BCUT2D eigenvalue weighted by Gasteiger charge is -2.19. The smallest absolute Gasteiger partial charge is 0.230 e. The molecular weight excluding hydrogens is 228 g/mol. The van der Waals surface area contributed by atoms with Crippen LogP contribution in [0.3, 0.4) is 0 Å². The Kier molecular flexibility index (Phi) is 2.25. The molecule has 0 aromatic heterocycles. The number of Topliss-reactive ketones (excluding diaryl/α,β-unsaturated/α-hetero) is 1. The van der Waals surface area contributed by atoms with E-state index in [-0.39, 0.29) is 5.76 Å². The number of aliphatic hydroxyl groups excluding tert-OH is 2. The van der Waals surface area contributed by atoms with Crippen LogP contribution in [0.2, 0.25) is 0 Å². The maximum absolute atomic E-state index is 11.5. The van der Waals surface area contributed by atoms with Crippen molar-refractivity contribution in [3.05, 3.63) is 52.8 Å². The summed E-state index contributed by atoms with van der Waals surface area (Å²) in [6, 6.07) is 9.59. The first-order chi connectivity index (χ1) is 8.58. The SMILES string of the molecule is Cc1cccc2cc3c(cc12)C=C(O)C(=O)C3O. The molecule has 1 unspecified atom stereocenters. The molecular formula is C15H12O3. The summed E-state index contributed by atoms with van der Waals surface area (Å²) in [4.78, 5) is 11.5. The largest absolute Gasteiger partial charge is 0.504 e. The van der Waals surface area contributed by atoms with Crippen molar-refractivity contribution in [1.29, 1.82) is 0 Å². The summed E-state index contributed by atoms with van der Waals surface area (Å²) in [5.41, 5.74) is 2.37. The van der Waals surface area contributed by atoms with Crippen molar-refractivity contribution in [3.63, 3.8) is 0 Å². The van der Waals surface area contributed by atoms with Crippen molar-refractivity contribution in [2.24, 2.45) is 0 Å². The Labute approximate surface area is 104 Å². The predicted octanol–water partition coefficient (Wildman–Crippen LogP) is 2.66. The Morgan fingerprint density at radius 3 is 2.78 bits per heavy atom. The zero-order chi connectivity index (χ0) is 12.9. The third-order valence-corrected chi connectivity index (χ3v) is 3.39. The molecule has 1 atom stereocenters. The lowest BCUT2D eigenvalue weighted by molar-refractivity contribution is -0.126. The number of benzene rings is 2. The molecule has 2 N–H and O–H groups in total. The van der Waals surface area contributed by atoms with Crippen LogP contribution in [-0.2, 0) is 4.79 Å². The Bertz CT molecular complexity index is 698. The minimum Gasteiger partial charge on any atom is -0.504 e. The van der Waals surface area contributed by atoms with Gasteiger partial charge in [-0.2, -0.15) is 0 Å². The van der Waals surface area contributed by atoms with Crippen molar-refractivity contribution in [2.75, 3.05) is 0 Å². The number of ketones is 1. The average molecular weight is 240 g/mol. The van der Waals surface area contributed by atoms with Gasteiger partial charge in [0.25, 0.3) is 0 Å². The molecule has 3 nitrogen and oxygen atoms in total. The summed E-state index contributed by atoms with van der Waals surface area (Å²) in [5, 5.41) is 21.4. The van der Waals surface area contributed by atoms with E-state index in [4.69, 9.17) is 0 Å². The highest BCUT2D eigenvalue weighted by molar-refractivity contribution is 6.05. The number of hydrogen-bond donors (Lipinski definition) is 2. The molecule has 1 aliphatic carbocycles. The van der Waals surface area contributed by atoms with E-state index >= 15 is 0 Å². The second-order valence-electron chi connectivity index (χ2n) is 4.57. The van der Waals surface area contributed by atoms with Gasteiger partial charge in [-0.3, -0.25) is 4.79 Å². The maximum atomic E-state index is 11.5. The van der Waals surface area contributed by atoms with Gasteiger partial charge in [0.05, 0.1) is 0 Å². The van der Waals surface area contributed by atoms with Crippen molar-refractivity contribution in [2.45, 2.75) is 13.0 Å². The third-order valence-electron chi connectivity index (χ3n) is 3.39. The van der Waals surface area contributed by atoms with Crippen molar-refractivity contribution < 1.29 is 15.0 Å². The fraction of sp³-hybridized carbons (Fsp3) is 0.133. The van der Waals surface area contributed by atoms with Crippen LogP contribution in [0.1, 0.15) is 22.8 Å². The van der Waals surface area contributed by atoms with Gasteiger partial charge in [0.2, 0.25) is 5.78 Å². The standard InChI is InChI=1S/C15H12O3/c1-8-3-2-4-9-5-12-10(6-11(8)9)7-13(16)15(18)14(12)17/h2-7,14,16-17H,1H3. The molecule has 0 bridgehead atoms.